The quantitative estimate of drug-likeness (QED) is 0.171. The van der Waals surface area contributed by atoms with Crippen LogP contribution in [0.15, 0.2) is 24.3 Å². The van der Waals surface area contributed by atoms with Crippen LogP contribution in [0.2, 0.25) is 5.02 Å². The van der Waals surface area contributed by atoms with Gasteiger partial charge in [-0.1, -0.05) is 11.6 Å². The summed E-state index contributed by atoms with van der Waals surface area (Å²) in [5, 5.41) is 9.23. The van der Waals surface area contributed by atoms with E-state index in [0.717, 1.165) is 5.75 Å². The molecule has 0 atom stereocenters. The van der Waals surface area contributed by atoms with E-state index in [9.17, 15) is 0 Å². The second kappa shape index (κ2) is 26.0. The number of rotatable bonds is 27. The van der Waals surface area contributed by atoms with Crippen LogP contribution in [0.1, 0.15) is 0 Å². The molecule has 1 N–H and O–H groups in total. The van der Waals surface area contributed by atoms with Crippen LogP contribution in [0.4, 0.5) is 0 Å². The Morgan fingerprint density at radius 3 is 1.03 bits per heavy atom. The molecule has 0 aromatic heterocycles. The fourth-order valence-corrected chi connectivity index (χ4v) is 2.58. The van der Waals surface area contributed by atoms with Gasteiger partial charge in [-0.3, -0.25) is 0 Å². The molecule has 0 saturated heterocycles. The molecule has 1 aromatic carbocycles. The summed E-state index contributed by atoms with van der Waals surface area (Å²) in [6.07, 6.45) is 0. The lowest BCUT2D eigenvalue weighted by Gasteiger charge is -2.09. The third kappa shape index (κ3) is 23.1. The summed E-state index contributed by atoms with van der Waals surface area (Å²) in [7, 11) is 0. The Bertz CT molecular complexity index is 550. The molecule has 0 bridgehead atoms. The fourth-order valence-electron chi connectivity index (χ4n) is 2.46. The summed E-state index contributed by atoms with van der Waals surface area (Å²) >= 11 is 5.82. The molecule has 0 amide bonds. The van der Waals surface area contributed by atoms with Crippen LogP contribution in [0.25, 0.3) is 0 Å². The van der Waals surface area contributed by atoms with Crippen molar-refractivity contribution in [1.82, 2.24) is 0 Å². The molecule has 11 heteroatoms. The minimum atomic E-state index is 0.0276. The molecular weight excluding hydrogens is 484 g/mol. The summed E-state index contributed by atoms with van der Waals surface area (Å²) in [5.74, 6) is 0.768. The highest BCUT2D eigenvalue weighted by Crippen LogP contribution is 2.15. The Hall–Kier alpha value is -1.05. The van der Waals surface area contributed by atoms with Gasteiger partial charge in [0.15, 0.2) is 0 Å². The third-order valence-corrected chi connectivity index (χ3v) is 4.40. The maximum Gasteiger partial charge on any atom is 0.119 e. The zero-order chi connectivity index (χ0) is 25.1. The molecule has 0 aliphatic heterocycles. The van der Waals surface area contributed by atoms with E-state index in [0.29, 0.717) is 117 Å². The Morgan fingerprint density at radius 1 is 0.429 bits per heavy atom. The zero-order valence-electron chi connectivity index (χ0n) is 20.5. The van der Waals surface area contributed by atoms with Crippen LogP contribution in [0.5, 0.6) is 5.75 Å². The topological polar surface area (TPSA) is 103 Å². The summed E-state index contributed by atoms with van der Waals surface area (Å²) in [4.78, 5) is 0. The Kier molecular flexibility index (Phi) is 23.8. The second-order valence-electron chi connectivity index (χ2n) is 6.92. The molecule has 10 nitrogen and oxygen atoms in total. The van der Waals surface area contributed by atoms with Crippen LogP contribution in [-0.4, -0.2) is 124 Å². The van der Waals surface area contributed by atoms with Crippen molar-refractivity contribution in [3.8, 4) is 5.75 Å². The van der Waals surface area contributed by atoms with Crippen molar-refractivity contribution in [3.63, 3.8) is 0 Å². The maximum atomic E-state index is 8.55. The first-order chi connectivity index (χ1) is 17.3. The number of hydrogen-bond acceptors (Lipinski definition) is 10. The van der Waals surface area contributed by atoms with Crippen molar-refractivity contribution >= 4 is 11.6 Å². The van der Waals surface area contributed by atoms with Crippen molar-refractivity contribution in [2.45, 2.75) is 0 Å². The number of halogens is 1. The molecule has 0 unspecified atom stereocenters. The molecule has 0 aliphatic rings. The number of benzene rings is 1. The van der Waals surface area contributed by atoms with E-state index in [1.807, 2.05) is 12.1 Å². The first kappa shape index (κ1) is 32.0. The van der Waals surface area contributed by atoms with Crippen LogP contribution < -0.4 is 4.74 Å². The monoisotopic (exact) mass is 524 g/mol. The van der Waals surface area contributed by atoms with Gasteiger partial charge in [0.1, 0.15) is 12.4 Å². The first-order valence-corrected chi connectivity index (χ1v) is 12.3. The lowest BCUT2D eigenvalue weighted by atomic mass is 10.3. The Labute approximate surface area is 213 Å². The largest absolute Gasteiger partial charge is 0.491 e. The molecule has 1 aromatic rings. The van der Waals surface area contributed by atoms with E-state index in [-0.39, 0.29) is 6.61 Å². The summed E-state index contributed by atoms with van der Waals surface area (Å²) < 4.78 is 48.5. The van der Waals surface area contributed by atoms with Gasteiger partial charge < -0.3 is 47.7 Å². The van der Waals surface area contributed by atoms with Gasteiger partial charge in [-0.05, 0) is 24.3 Å². The van der Waals surface area contributed by atoms with E-state index >= 15 is 0 Å². The van der Waals surface area contributed by atoms with Gasteiger partial charge in [0.25, 0.3) is 0 Å². The highest BCUT2D eigenvalue weighted by atomic mass is 35.5. The number of hydrogen-bond donors (Lipinski definition) is 1. The summed E-state index contributed by atoms with van der Waals surface area (Å²) in [6.45, 7) is 8.41. The predicted molar refractivity (Wildman–Crippen MR) is 131 cm³/mol. The van der Waals surface area contributed by atoms with Crippen LogP contribution in [0.3, 0.4) is 0 Å². The fraction of sp³-hybridized carbons (Fsp3) is 0.750. The zero-order valence-corrected chi connectivity index (χ0v) is 21.3. The highest BCUT2D eigenvalue weighted by Gasteiger charge is 1.96. The van der Waals surface area contributed by atoms with Crippen LogP contribution >= 0.6 is 11.6 Å². The molecule has 0 fully saturated rings. The standard InChI is InChI=1S/C24H41ClO10/c25-23-1-3-24(4-2-23)35-22-21-34-20-19-33-18-17-32-16-15-31-14-13-30-12-11-29-10-9-28-8-7-27-6-5-26/h1-4,26H,5-22H2. The normalized spacial score (nSPS) is 11.3. The Morgan fingerprint density at radius 2 is 0.714 bits per heavy atom. The van der Waals surface area contributed by atoms with E-state index in [2.05, 4.69) is 0 Å². The SMILES string of the molecule is OCCOCCOCCOCCOCCOCCOCCOCCOCCOc1ccc(Cl)cc1. The minimum Gasteiger partial charge on any atom is -0.491 e. The second-order valence-corrected chi connectivity index (χ2v) is 7.36. The van der Waals surface area contributed by atoms with Crippen molar-refractivity contribution in [3.05, 3.63) is 29.3 Å². The van der Waals surface area contributed by atoms with Crippen LogP contribution in [0, 0.1) is 0 Å². The van der Waals surface area contributed by atoms with Crippen molar-refractivity contribution < 1.29 is 47.7 Å². The van der Waals surface area contributed by atoms with Gasteiger partial charge in [0, 0.05) is 5.02 Å². The van der Waals surface area contributed by atoms with Gasteiger partial charge in [0.05, 0.1) is 112 Å². The molecule has 204 valence electrons. The van der Waals surface area contributed by atoms with E-state index < -0.39 is 0 Å². The third-order valence-electron chi connectivity index (χ3n) is 4.15. The van der Waals surface area contributed by atoms with Crippen molar-refractivity contribution in [2.75, 3.05) is 119 Å². The maximum absolute atomic E-state index is 8.55. The number of ether oxygens (including phenoxy) is 9. The molecule has 0 radical (unpaired) electrons. The first-order valence-electron chi connectivity index (χ1n) is 11.9. The van der Waals surface area contributed by atoms with E-state index in [1.165, 1.54) is 0 Å². The van der Waals surface area contributed by atoms with Gasteiger partial charge in [-0.2, -0.15) is 0 Å². The lowest BCUT2D eigenvalue weighted by molar-refractivity contribution is -0.0242. The smallest absolute Gasteiger partial charge is 0.119 e. The number of aliphatic hydroxyl groups is 1. The molecule has 1 rings (SSSR count). The molecule has 0 spiro atoms. The molecule has 0 heterocycles. The molecule has 0 aliphatic carbocycles. The van der Waals surface area contributed by atoms with E-state index in [1.54, 1.807) is 12.1 Å². The van der Waals surface area contributed by atoms with Crippen molar-refractivity contribution in [1.29, 1.82) is 0 Å². The van der Waals surface area contributed by atoms with Gasteiger partial charge in [-0.25, -0.2) is 0 Å². The molecule has 0 saturated carbocycles. The predicted octanol–water partition coefficient (Wildman–Crippen LogP) is 1.84. The Balaban J connectivity index is 1.65. The average molecular weight is 525 g/mol. The van der Waals surface area contributed by atoms with Crippen LogP contribution in [-0.2, 0) is 37.9 Å². The van der Waals surface area contributed by atoms with E-state index in [4.69, 9.17) is 59.3 Å². The summed E-state index contributed by atoms with van der Waals surface area (Å²) in [5.41, 5.74) is 0. The lowest BCUT2D eigenvalue weighted by Crippen LogP contribution is -2.15. The van der Waals surface area contributed by atoms with Gasteiger partial charge >= 0.3 is 0 Å². The highest BCUT2D eigenvalue weighted by molar-refractivity contribution is 6.30. The average Bonchev–Trinajstić information content (AvgIpc) is 2.87. The van der Waals surface area contributed by atoms with Crippen molar-refractivity contribution in [2.24, 2.45) is 0 Å². The minimum absolute atomic E-state index is 0.0276. The summed E-state index contributed by atoms with van der Waals surface area (Å²) in [6, 6.07) is 7.22. The molecular formula is C24H41ClO10. The number of aliphatic hydroxyl groups excluding tert-OH is 1. The molecule has 35 heavy (non-hydrogen) atoms. The van der Waals surface area contributed by atoms with Gasteiger partial charge in [-0.15, -0.1) is 0 Å². The van der Waals surface area contributed by atoms with Gasteiger partial charge in [0.2, 0.25) is 0 Å².